The van der Waals surface area contributed by atoms with Gasteiger partial charge in [-0.05, 0) is 51.9 Å². The summed E-state index contributed by atoms with van der Waals surface area (Å²) in [6, 6.07) is 15.7. The molecule has 116 valence electrons. The van der Waals surface area contributed by atoms with Crippen LogP contribution in [0, 0.1) is 15.9 Å². The van der Waals surface area contributed by atoms with Crippen LogP contribution in [0.4, 0.5) is 0 Å². The van der Waals surface area contributed by atoms with E-state index in [2.05, 4.69) is 28.5 Å². The summed E-state index contributed by atoms with van der Waals surface area (Å²) < 4.78 is 11.5. The lowest BCUT2D eigenvalue weighted by Gasteiger charge is -2.09. The van der Waals surface area contributed by atoms with Crippen molar-refractivity contribution in [2.24, 2.45) is 0 Å². The second-order valence-corrected chi connectivity index (χ2v) is 5.77. The van der Waals surface area contributed by atoms with Gasteiger partial charge >= 0.3 is 5.97 Å². The molecule has 2 rings (SSSR count). The van der Waals surface area contributed by atoms with Gasteiger partial charge in [0.15, 0.2) is 6.61 Å². The SMILES string of the molecule is C#CCOC(=O)/C=C/c1ccc(OCc2ccccc2)c(I)c1. The van der Waals surface area contributed by atoms with Crippen molar-refractivity contribution >= 4 is 34.6 Å². The molecule has 0 heterocycles. The van der Waals surface area contributed by atoms with Crippen LogP contribution in [-0.4, -0.2) is 12.6 Å². The van der Waals surface area contributed by atoms with Gasteiger partial charge in [-0.15, -0.1) is 6.42 Å². The number of rotatable bonds is 6. The smallest absolute Gasteiger partial charge is 0.331 e. The minimum atomic E-state index is -0.456. The number of benzene rings is 2. The Kier molecular flexibility index (Phi) is 6.70. The summed E-state index contributed by atoms with van der Waals surface area (Å²) in [5.41, 5.74) is 2.00. The van der Waals surface area contributed by atoms with E-state index in [0.717, 1.165) is 20.4 Å². The van der Waals surface area contributed by atoms with Crippen LogP contribution in [0.5, 0.6) is 5.75 Å². The molecule has 0 fully saturated rings. The predicted molar refractivity (Wildman–Crippen MR) is 98.8 cm³/mol. The number of terminal acetylenes is 1. The quantitative estimate of drug-likeness (QED) is 0.307. The van der Waals surface area contributed by atoms with Crippen molar-refractivity contribution in [3.8, 4) is 18.1 Å². The maximum atomic E-state index is 11.4. The Labute approximate surface area is 149 Å². The maximum absolute atomic E-state index is 11.4. The number of halogens is 1. The third kappa shape index (κ3) is 5.80. The fourth-order valence-corrected chi connectivity index (χ4v) is 2.49. The lowest BCUT2D eigenvalue weighted by molar-refractivity contribution is -0.136. The summed E-state index contributed by atoms with van der Waals surface area (Å²) in [6.45, 7) is 0.497. The molecule has 2 aromatic rings. The van der Waals surface area contributed by atoms with Crippen LogP contribution in [0.1, 0.15) is 11.1 Å². The molecule has 0 saturated carbocycles. The highest BCUT2D eigenvalue weighted by molar-refractivity contribution is 14.1. The van der Waals surface area contributed by atoms with Crippen molar-refractivity contribution in [3.63, 3.8) is 0 Å². The molecule has 0 radical (unpaired) electrons. The normalized spacial score (nSPS) is 10.3. The van der Waals surface area contributed by atoms with Gasteiger partial charge in [0, 0.05) is 6.08 Å². The molecule has 4 heteroatoms. The van der Waals surface area contributed by atoms with Crippen molar-refractivity contribution in [2.45, 2.75) is 6.61 Å². The van der Waals surface area contributed by atoms with Gasteiger partial charge in [0.1, 0.15) is 12.4 Å². The van der Waals surface area contributed by atoms with E-state index in [0.29, 0.717) is 6.61 Å². The predicted octanol–water partition coefficient (Wildman–Crippen LogP) is 4.06. The average molecular weight is 418 g/mol. The van der Waals surface area contributed by atoms with Crippen LogP contribution >= 0.6 is 22.6 Å². The van der Waals surface area contributed by atoms with E-state index >= 15 is 0 Å². The molecule has 0 aliphatic rings. The van der Waals surface area contributed by atoms with Gasteiger partial charge < -0.3 is 9.47 Å². The molecule has 0 N–H and O–H groups in total. The Morgan fingerprint density at radius 1 is 1.22 bits per heavy atom. The van der Waals surface area contributed by atoms with Crippen LogP contribution < -0.4 is 4.74 Å². The summed E-state index contributed by atoms with van der Waals surface area (Å²) in [6.07, 6.45) is 8.06. The largest absolute Gasteiger partial charge is 0.488 e. The highest BCUT2D eigenvalue weighted by atomic mass is 127. The Morgan fingerprint density at radius 2 is 2.00 bits per heavy atom. The Morgan fingerprint density at radius 3 is 2.70 bits per heavy atom. The zero-order valence-corrected chi connectivity index (χ0v) is 14.5. The molecule has 0 aliphatic carbocycles. The number of ether oxygens (including phenoxy) is 2. The lowest BCUT2D eigenvalue weighted by Crippen LogP contribution is -2.00. The van der Waals surface area contributed by atoms with Crippen molar-refractivity contribution in [1.82, 2.24) is 0 Å². The molecule has 0 amide bonds. The van der Waals surface area contributed by atoms with Crippen molar-refractivity contribution < 1.29 is 14.3 Å². The van der Waals surface area contributed by atoms with Crippen LogP contribution in [0.25, 0.3) is 6.08 Å². The van der Waals surface area contributed by atoms with Crippen LogP contribution in [0.3, 0.4) is 0 Å². The molecule has 23 heavy (non-hydrogen) atoms. The Bertz CT molecular complexity index is 730. The van der Waals surface area contributed by atoms with Gasteiger partial charge in [0.25, 0.3) is 0 Å². The number of carbonyl (C=O) groups is 1. The zero-order chi connectivity index (χ0) is 16.5. The van der Waals surface area contributed by atoms with Gasteiger partial charge in [0.2, 0.25) is 0 Å². The van der Waals surface area contributed by atoms with Gasteiger partial charge in [-0.25, -0.2) is 4.79 Å². The standard InChI is InChI=1S/C19H15IO3/c1-2-12-22-19(21)11-9-15-8-10-18(17(20)13-15)23-14-16-6-4-3-5-7-16/h1,3-11,13H,12,14H2/b11-9+. The fraction of sp³-hybridized carbons (Fsp3) is 0.105. The molecule has 0 spiro atoms. The first-order valence-electron chi connectivity index (χ1n) is 6.93. The Hall–Kier alpha value is -2.26. The number of carbonyl (C=O) groups excluding carboxylic acids is 1. The van der Waals surface area contributed by atoms with Crippen molar-refractivity contribution in [3.05, 3.63) is 69.3 Å². The summed E-state index contributed by atoms with van der Waals surface area (Å²) in [7, 11) is 0. The van der Waals surface area contributed by atoms with E-state index in [4.69, 9.17) is 15.9 Å². The summed E-state index contributed by atoms with van der Waals surface area (Å²) in [5, 5.41) is 0. The first kappa shape index (κ1) is 17.1. The second kappa shape index (κ2) is 9.01. The average Bonchev–Trinajstić information content (AvgIpc) is 2.58. The molecule has 0 saturated heterocycles. The zero-order valence-electron chi connectivity index (χ0n) is 12.4. The van der Waals surface area contributed by atoms with Crippen LogP contribution in [0.15, 0.2) is 54.6 Å². The van der Waals surface area contributed by atoms with E-state index in [-0.39, 0.29) is 6.61 Å². The first-order chi connectivity index (χ1) is 11.2. The fourth-order valence-electron chi connectivity index (χ4n) is 1.80. The van der Waals surface area contributed by atoms with Crippen LogP contribution in [0.2, 0.25) is 0 Å². The van der Waals surface area contributed by atoms with Gasteiger partial charge in [0.05, 0.1) is 3.57 Å². The summed E-state index contributed by atoms with van der Waals surface area (Å²) in [4.78, 5) is 11.4. The number of hydrogen-bond acceptors (Lipinski definition) is 3. The van der Waals surface area contributed by atoms with Crippen molar-refractivity contribution in [2.75, 3.05) is 6.61 Å². The minimum Gasteiger partial charge on any atom is -0.488 e. The van der Waals surface area contributed by atoms with E-state index in [1.165, 1.54) is 6.08 Å². The number of hydrogen-bond donors (Lipinski definition) is 0. The first-order valence-corrected chi connectivity index (χ1v) is 8.01. The van der Waals surface area contributed by atoms with E-state index in [1.54, 1.807) is 6.08 Å². The molecule has 2 aromatic carbocycles. The van der Waals surface area contributed by atoms with E-state index in [1.807, 2.05) is 48.5 Å². The molecule has 0 unspecified atom stereocenters. The molecule has 0 aromatic heterocycles. The topological polar surface area (TPSA) is 35.5 Å². The second-order valence-electron chi connectivity index (χ2n) is 4.61. The third-order valence-corrected chi connectivity index (χ3v) is 3.75. The van der Waals surface area contributed by atoms with E-state index in [9.17, 15) is 4.79 Å². The van der Waals surface area contributed by atoms with Crippen LogP contribution in [-0.2, 0) is 16.1 Å². The van der Waals surface area contributed by atoms with Crippen molar-refractivity contribution in [1.29, 1.82) is 0 Å². The monoisotopic (exact) mass is 418 g/mol. The molecule has 0 atom stereocenters. The molecule has 0 bridgehead atoms. The highest BCUT2D eigenvalue weighted by Crippen LogP contribution is 2.23. The minimum absolute atomic E-state index is 0.0209. The molecule has 3 nitrogen and oxygen atoms in total. The summed E-state index contributed by atoms with van der Waals surface area (Å²) >= 11 is 2.21. The van der Waals surface area contributed by atoms with Gasteiger partial charge in [-0.1, -0.05) is 42.3 Å². The molecular formula is C19H15IO3. The molecular weight excluding hydrogens is 403 g/mol. The highest BCUT2D eigenvalue weighted by Gasteiger charge is 2.03. The third-order valence-electron chi connectivity index (χ3n) is 2.90. The van der Waals surface area contributed by atoms with Gasteiger partial charge in [-0.2, -0.15) is 0 Å². The molecule has 0 aliphatic heterocycles. The Balaban J connectivity index is 1.96. The van der Waals surface area contributed by atoms with E-state index < -0.39 is 5.97 Å². The van der Waals surface area contributed by atoms with Gasteiger partial charge in [-0.3, -0.25) is 0 Å². The maximum Gasteiger partial charge on any atom is 0.331 e. The lowest BCUT2D eigenvalue weighted by atomic mass is 10.2. The summed E-state index contributed by atoms with van der Waals surface area (Å²) in [5.74, 6) is 2.60. The number of esters is 1.